The first kappa shape index (κ1) is 16.9. The predicted molar refractivity (Wildman–Crippen MR) is 77.6 cm³/mol. The van der Waals surface area contributed by atoms with Gasteiger partial charge < -0.3 is 14.7 Å². The zero-order valence-corrected chi connectivity index (χ0v) is 13.0. The number of likely N-dealkylation sites (N-methyl/N-ethyl adjacent to an activating group) is 2. The van der Waals surface area contributed by atoms with Crippen LogP contribution in [-0.2, 0) is 0 Å². The molecular formula is C14H33N3. The van der Waals surface area contributed by atoms with Crippen LogP contribution in [0.2, 0.25) is 0 Å². The molecule has 3 nitrogen and oxygen atoms in total. The van der Waals surface area contributed by atoms with E-state index < -0.39 is 0 Å². The highest BCUT2D eigenvalue weighted by Gasteiger charge is 2.06. The second-order valence-electron chi connectivity index (χ2n) is 5.81. The highest BCUT2D eigenvalue weighted by Crippen LogP contribution is 1.98. The van der Waals surface area contributed by atoms with Gasteiger partial charge in [-0.3, -0.25) is 0 Å². The van der Waals surface area contributed by atoms with Crippen LogP contribution in [0, 0.1) is 0 Å². The summed E-state index contributed by atoms with van der Waals surface area (Å²) in [6.07, 6.45) is 1.26. The normalized spacial score (nSPS) is 12.7. The molecule has 0 aromatic rings. The van der Waals surface area contributed by atoms with Gasteiger partial charge >= 0.3 is 0 Å². The van der Waals surface area contributed by atoms with Crippen LogP contribution in [-0.4, -0.2) is 74.1 Å². The standard InChI is InChI=1S/C14H33N3/c1-13(2)16(6)10-8-9-15(5)11-12-17(7)14(3)4/h13-14H,8-12H2,1-7H3. The molecule has 3 heteroatoms. The monoisotopic (exact) mass is 243 g/mol. The first-order valence-corrected chi connectivity index (χ1v) is 6.93. The summed E-state index contributed by atoms with van der Waals surface area (Å²) in [5.74, 6) is 0. The molecular weight excluding hydrogens is 210 g/mol. The molecule has 0 unspecified atom stereocenters. The van der Waals surface area contributed by atoms with Gasteiger partial charge in [-0.1, -0.05) is 0 Å². The van der Waals surface area contributed by atoms with E-state index in [-0.39, 0.29) is 0 Å². The van der Waals surface area contributed by atoms with Gasteiger partial charge in [0.05, 0.1) is 0 Å². The smallest absolute Gasteiger partial charge is 0.0109 e. The number of hydrogen-bond acceptors (Lipinski definition) is 3. The van der Waals surface area contributed by atoms with Gasteiger partial charge in [0.25, 0.3) is 0 Å². The van der Waals surface area contributed by atoms with E-state index in [1.54, 1.807) is 0 Å². The summed E-state index contributed by atoms with van der Waals surface area (Å²) in [6.45, 7) is 13.7. The maximum atomic E-state index is 2.44. The Labute approximate surface area is 109 Å². The summed E-state index contributed by atoms with van der Waals surface area (Å²) in [7, 11) is 6.63. The van der Waals surface area contributed by atoms with Gasteiger partial charge in [-0.2, -0.15) is 0 Å². The summed E-state index contributed by atoms with van der Waals surface area (Å²) in [4.78, 5) is 7.25. The van der Waals surface area contributed by atoms with Crippen LogP contribution in [0.5, 0.6) is 0 Å². The largest absolute Gasteiger partial charge is 0.305 e. The fourth-order valence-electron chi connectivity index (χ4n) is 1.55. The molecule has 0 rings (SSSR count). The molecule has 0 radical (unpaired) electrons. The molecule has 0 saturated carbocycles. The van der Waals surface area contributed by atoms with Crippen molar-refractivity contribution in [3.05, 3.63) is 0 Å². The third-order valence-electron chi connectivity index (χ3n) is 3.65. The zero-order chi connectivity index (χ0) is 13.4. The van der Waals surface area contributed by atoms with E-state index >= 15 is 0 Å². The van der Waals surface area contributed by atoms with Gasteiger partial charge in [-0.15, -0.1) is 0 Å². The summed E-state index contributed by atoms with van der Waals surface area (Å²) >= 11 is 0. The van der Waals surface area contributed by atoms with Gasteiger partial charge in [-0.05, 0) is 68.3 Å². The Hall–Kier alpha value is -0.120. The lowest BCUT2D eigenvalue weighted by atomic mass is 10.3. The quantitative estimate of drug-likeness (QED) is 0.613. The van der Waals surface area contributed by atoms with Gasteiger partial charge in [0.2, 0.25) is 0 Å². The fraction of sp³-hybridized carbons (Fsp3) is 1.00. The molecule has 0 fully saturated rings. The van der Waals surface area contributed by atoms with Crippen LogP contribution < -0.4 is 0 Å². The van der Waals surface area contributed by atoms with Crippen LogP contribution in [0.25, 0.3) is 0 Å². The van der Waals surface area contributed by atoms with E-state index in [9.17, 15) is 0 Å². The molecule has 0 aromatic carbocycles. The van der Waals surface area contributed by atoms with Crippen LogP contribution in [0.1, 0.15) is 34.1 Å². The van der Waals surface area contributed by atoms with Crippen molar-refractivity contribution in [2.45, 2.75) is 46.2 Å². The summed E-state index contributed by atoms with van der Waals surface area (Å²) < 4.78 is 0. The minimum atomic E-state index is 0.649. The van der Waals surface area contributed by atoms with Crippen molar-refractivity contribution in [2.24, 2.45) is 0 Å². The van der Waals surface area contributed by atoms with Crippen LogP contribution in [0.15, 0.2) is 0 Å². The van der Waals surface area contributed by atoms with Crippen molar-refractivity contribution in [2.75, 3.05) is 47.3 Å². The van der Waals surface area contributed by atoms with E-state index in [2.05, 4.69) is 63.5 Å². The minimum Gasteiger partial charge on any atom is -0.305 e. The van der Waals surface area contributed by atoms with Crippen molar-refractivity contribution < 1.29 is 0 Å². The molecule has 0 atom stereocenters. The Bertz CT molecular complexity index is 180. The Morgan fingerprint density at radius 2 is 1.12 bits per heavy atom. The van der Waals surface area contributed by atoms with Crippen molar-refractivity contribution in [1.82, 2.24) is 14.7 Å². The fourth-order valence-corrected chi connectivity index (χ4v) is 1.55. The third kappa shape index (κ3) is 8.58. The maximum absolute atomic E-state index is 2.44. The summed E-state index contributed by atoms with van der Waals surface area (Å²) in [5, 5.41) is 0. The molecule has 0 aliphatic rings. The molecule has 0 N–H and O–H groups in total. The van der Waals surface area contributed by atoms with Crippen LogP contribution >= 0.6 is 0 Å². The molecule has 0 heterocycles. The van der Waals surface area contributed by atoms with Gasteiger partial charge in [0, 0.05) is 25.2 Å². The van der Waals surface area contributed by atoms with E-state index in [0.717, 1.165) is 6.54 Å². The Morgan fingerprint density at radius 3 is 1.59 bits per heavy atom. The first-order chi connectivity index (χ1) is 7.84. The van der Waals surface area contributed by atoms with Crippen molar-refractivity contribution >= 4 is 0 Å². The molecule has 0 aromatic heterocycles. The highest BCUT2D eigenvalue weighted by atomic mass is 15.2. The van der Waals surface area contributed by atoms with Crippen LogP contribution in [0.3, 0.4) is 0 Å². The van der Waals surface area contributed by atoms with Crippen molar-refractivity contribution in [1.29, 1.82) is 0 Å². The lowest BCUT2D eigenvalue weighted by molar-refractivity contribution is 0.210. The van der Waals surface area contributed by atoms with Gasteiger partial charge in [0.15, 0.2) is 0 Å². The summed E-state index contributed by atoms with van der Waals surface area (Å²) in [6, 6.07) is 1.31. The Morgan fingerprint density at radius 1 is 0.647 bits per heavy atom. The molecule has 17 heavy (non-hydrogen) atoms. The molecule has 0 amide bonds. The first-order valence-electron chi connectivity index (χ1n) is 6.93. The van der Waals surface area contributed by atoms with E-state index in [4.69, 9.17) is 0 Å². The molecule has 104 valence electrons. The second kappa shape index (κ2) is 8.90. The van der Waals surface area contributed by atoms with E-state index in [1.165, 1.54) is 26.1 Å². The number of nitrogens with zero attached hydrogens (tertiary/aromatic N) is 3. The topological polar surface area (TPSA) is 9.72 Å². The predicted octanol–water partition coefficient (Wildman–Crippen LogP) is 1.99. The van der Waals surface area contributed by atoms with Gasteiger partial charge in [-0.25, -0.2) is 0 Å². The lowest BCUT2D eigenvalue weighted by Crippen LogP contribution is -2.36. The lowest BCUT2D eigenvalue weighted by Gasteiger charge is -2.26. The average molecular weight is 243 g/mol. The van der Waals surface area contributed by atoms with Crippen LogP contribution in [0.4, 0.5) is 0 Å². The van der Waals surface area contributed by atoms with E-state index in [0.29, 0.717) is 12.1 Å². The highest BCUT2D eigenvalue weighted by molar-refractivity contribution is 4.62. The number of hydrogen-bond donors (Lipinski definition) is 0. The third-order valence-corrected chi connectivity index (χ3v) is 3.65. The molecule has 0 aliphatic heterocycles. The summed E-state index contributed by atoms with van der Waals surface area (Å²) in [5.41, 5.74) is 0. The average Bonchev–Trinajstić information content (AvgIpc) is 2.25. The van der Waals surface area contributed by atoms with Crippen molar-refractivity contribution in [3.63, 3.8) is 0 Å². The molecule has 0 aliphatic carbocycles. The zero-order valence-electron chi connectivity index (χ0n) is 13.0. The number of rotatable bonds is 9. The SMILES string of the molecule is CC(C)N(C)CCCN(C)CCN(C)C(C)C. The Kier molecular flexibility index (Phi) is 8.83. The van der Waals surface area contributed by atoms with Gasteiger partial charge in [0.1, 0.15) is 0 Å². The molecule has 0 bridgehead atoms. The maximum Gasteiger partial charge on any atom is 0.0109 e. The Balaban J connectivity index is 3.56. The van der Waals surface area contributed by atoms with Crippen molar-refractivity contribution in [3.8, 4) is 0 Å². The molecule has 0 saturated heterocycles. The minimum absolute atomic E-state index is 0.649. The second-order valence-corrected chi connectivity index (χ2v) is 5.81. The van der Waals surface area contributed by atoms with E-state index in [1.807, 2.05) is 0 Å². The molecule has 0 spiro atoms.